The molecular weight excluding hydrogens is 200 g/mol. The molecule has 2 rings (SSSR count). The molecule has 0 saturated carbocycles. The molecule has 3 heteroatoms. The van der Waals surface area contributed by atoms with Crippen molar-refractivity contribution < 1.29 is 4.79 Å². The van der Waals surface area contributed by atoms with Crippen molar-refractivity contribution in [3.05, 3.63) is 0 Å². The molecule has 0 spiro atoms. The second-order valence-corrected chi connectivity index (χ2v) is 5.29. The van der Waals surface area contributed by atoms with Crippen molar-refractivity contribution in [2.24, 2.45) is 0 Å². The van der Waals surface area contributed by atoms with Gasteiger partial charge in [0.05, 0.1) is 6.04 Å². The van der Waals surface area contributed by atoms with Gasteiger partial charge in [-0.05, 0) is 39.0 Å². The zero-order valence-corrected chi connectivity index (χ0v) is 10.4. The van der Waals surface area contributed by atoms with Crippen LogP contribution in [0.25, 0.3) is 0 Å². The second-order valence-electron chi connectivity index (χ2n) is 5.29. The van der Waals surface area contributed by atoms with Crippen molar-refractivity contribution in [1.82, 2.24) is 10.2 Å². The van der Waals surface area contributed by atoms with Crippen molar-refractivity contribution in [3.63, 3.8) is 0 Å². The predicted molar refractivity (Wildman–Crippen MR) is 65.3 cm³/mol. The first-order valence-corrected chi connectivity index (χ1v) is 6.82. The fourth-order valence-electron chi connectivity index (χ4n) is 2.84. The van der Waals surface area contributed by atoms with Gasteiger partial charge in [-0.1, -0.05) is 12.8 Å². The van der Waals surface area contributed by atoms with Crippen LogP contribution < -0.4 is 5.32 Å². The number of nitrogens with one attached hydrogen (secondary N) is 1. The van der Waals surface area contributed by atoms with E-state index in [1.54, 1.807) is 0 Å². The fraction of sp³-hybridized carbons (Fsp3) is 0.923. The molecule has 3 nitrogen and oxygen atoms in total. The van der Waals surface area contributed by atoms with Crippen LogP contribution in [0.3, 0.4) is 0 Å². The van der Waals surface area contributed by atoms with Gasteiger partial charge in [-0.2, -0.15) is 0 Å². The topological polar surface area (TPSA) is 32.3 Å². The minimum atomic E-state index is 0.0989. The number of hydrogen-bond acceptors (Lipinski definition) is 2. The van der Waals surface area contributed by atoms with E-state index in [-0.39, 0.29) is 6.04 Å². The van der Waals surface area contributed by atoms with Gasteiger partial charge in [-0.3, -0.25) is 4.79 Å². The molecule has 0 aromatic rings. The Balaban J connectivity index is 1.89. The number of carbonyl (C=O) groups excluding carboxylic acids is 1. The van der Waals surface area contributed by atoms with Crippen LogP contribution in [-0.2, 0) is 4.79 Å². The van der Waals surface area contributed by atoms with Gasteiger partial charge in [0.15, 0.2) is 0 Å². The van der Waals surface area contributed by atoms with E-state index in [9.17, 15) is 4.79 Å². The van der Waals surface area contributed by atoms with Gasteiger partial charge < -0.3 is 10.2 Å². The van der Waals surface area contributed by atoms with Crippen LogP contribution in [0.1, 0.15) is 51.9 Å². The quantitative estimate of drug-likeness (QED) is 0.738. The Hall–Kier alpha value is -0.570. The van der Waals surface area contributed by atoms with Crippen molar-refractivity contribution in [1.29, 1.82) is 0 Å². The van der Waals surface area contributed by atoms with Gasteiger partial charge >= 0.3 is 0 Å². The molecule has 92 valence electrons. The van der Waals surface area contributed by atoms with Crippen LogP contribution in [0.2, 0.25) is 0 Å². The van der Waals surface area contributed by atoms with E-state index in [4.69, 9.17) is 0 Å². The minimum absolute atomic E-state index is 0.0989. The number of amides is 1. The summed E-state index contributed by atoms with van der Waals surface area (Å²) in [5.41, 5.74) is 0. The third kappa shape index (κ3) is 2.97. The maximum absolute atomic E-state index is 12.3. The Bertz CT molecular complexity index is 230. The van der Waals surface area contributed by atoms with E-state index < -0.39 is 0 Å². The summed E-state index contributed by atoms with van der Waals surface area (Å²) < 4.78 is 0. The van der Waals surface area contributed by atoms with Gasteiger partial charge in [-0.15, -0.1) is 0 Å². The molecular formula is C13H24N2O. The average molecular weight is 224 g/mol. The fourth-order valence-corrected chi connectivity index (χ4v) is 2.84. The first-order valence-electron chi connectivity index (χ1n) is 6.82. The number of likely N-dealkylation sites (tertiary alicyclic amines) is 1. The van der Waals surface area contributed by atoms with E-state index in [2.05, 4.69) is 17.1 Å². The van der Waals surface area contributed by atoms with E-state index >= 15 is 0 Å². The maximum atomic E-state index is 12.3. The van der Waals surface area contributed by atoms with E-state index in [0.29, 0.717) is 11.9 Å². The normalized spacial score (nSPS) is 32.2. The molecule has 0 aromatic carbocycles. The first kappa shape index (κ1) is 11.9. The Kier molecular flexibility index (Phi) is 4.22. The Morgan fingerprint density at radius 2 is 1.75 bits per heavy atom. The lowest BCUT2D eigenvalue weighted by atomic mass is 9.98. The summed E-state index contributed by atoms with van der Waals surface area (Å²) >= 11 is 0. The Morgan fingerprint density at radius 1 is 1.06 bits per heavy atom. The van der Waals surface area contributed by atoms with Crippen molar-refractivity contribution in [3.8, 4) is 0 Å². The predicted octanol–water partition coefficient (Wildman–Crippen LogP) is 1.92. The second kappa shape index (κ2) is 5.67. The van der Waals surface area contributed by atoms with Crippen LogP contribution in [-0.4, -0.2) is 36.0 Å². The third-order valence-electron chi connectivity index (χ3n) is 3.83. The summed E-state index contributed by atoms with van der Waals surface area (Å²) in [5, 5.41) is 3.44. The molecule has 2 aliphatic rings. The lowest BCUT2D eigenvalue weighted by Gasteiger charge is -2.32. The monoisotopic (exact) mass is 224 g/mol. The first-order chi connectivity index (χ1) is 7.77. The molecule has 2 unspecified atom stereocenters. The zero-order chi connectivity index (χ0) is 11.4. The number of rotatable bonds is 1. The molecule has 2 aliphatic heterocycles. The highest BCUT2D eigenvalue weighted by atomic mass is 16.2. The van der Waals surface area contributed by atoms with Gasteiger partial charge in [-0.25, -0.2) is 0 Å². The number of piperidine rings is 1. The summed E-state index contributed by atoms with van der Waals surface area (Å²) in [4.78, 5) is 14.4. The molecule has 0 aliphatic carbocycles. The van der Waals surface area contributed by atoms with Crippen molar-refractivity contribution >= 4 is 5.91 Å². The van der Waals surface area contributed by atoms with E-state index in [0.717, 1.165) is 19.5 Å². The van der Waals surface area contributed by atoms with E-state index in [1.807, 2.05) is 0 Å². The third-order valence-corrected chi connectivity index (χ3v) is 3.83. The van der Waals surface area contributed by atoms with E-state index in [1.165, 1.54) is 38.5 Å². The highest BCUT2D eigenvalue weighted by Crippen LogP contribution is 2.17. The van der Waals surface area contributed by atoms with Crippen LogP contribution >= 0.6 is 0 Å². The highest BCUT2D eigenvalue weighted by molar-refractivity contribution is 5.82. The van der Waals surface area contributed by atoms with Crippen LogP contribution in [0.15, 0.2) is 0 Å². The van der Waals surface area contributed by atoms with Crippen molar-refractivity contribution in [2.45, 2.75) is 64.0 Å². The van der Waals surface area contributed by atoms with Crippen molar-refractivity contribution in [2.75, 3.05) is 13.1 Å². The molecule has 0 bridgehead atoms. The molecule has 0 aromatic heterocycles. The molecule has 2 atom stereocenters. The number of nitrogens with zero attached hydrogens (tertiary/aromatic N) is 1. The van der Waals surface area contributed by atoms with Gasteiger partial charge in [0, 0.05) is 19.1 Å². The number of carbonyl (C=O) groups is 1. The molecule has 16 heavy (non-hydrogen) atoms. The SMILES string of the molecule is CC1CCCC(C(=O)N2CCCCCC2)N1. The molecule has 1 amide bonds. The largest absolute Gasteiger partial charge is 0.341 e. The lowest BCUT2D eigenvalue weighted by Crippen LogP contribution is -2.51. The van der Waals surface area contributed by atoms with Gasteiger partial charge in [0.1, 0.15) is 0 Å². The number of hydrogen-bond donors (Lipinski definition) is 1. The molecule has 1 N–H and O–H groups in total. The average Bonchev–Trinajstić information content (AvgIpc) is 2.56. The molecule has 2 fully saturated rings. The minimum Gasteiger partial charge on any atom is -0.341 e. The Labute approximate surface area is 98.6 Å². The highest BCUT2D eigenvalue weighted by Gasteiger charge is 2.28. The maximum Gasteiger partial charge on any atom is 0.239 e. The van der Waals surface area contributed by atoms with Gasteiger partial charge in [0.25, 0.3) is 0 Å². The van der Waals surface area contributed by atoms with Gasteiger partial charge in [0.2, 0.25) is 5.91 Å². The summed E-state index contributed by atoms with van der Waals surface area (Å²) in [5.74, 6) is 0.355. The standard InChI is InChI=1S/C13H24N2O/c1-11-7-6-8-12(14-11)13(16)15-9-4-2-3-5-10-15/h11-12,14H,2-10H2,1H3. The zero-order valence-electron chi connectivity index (χ0n) is 10.4. The van der Waals surface area contributed by atoms with Crippen LogP contribution in [0.5, 0.6) is 0 Å². The smallest absolute Gasteiger partial charge is 0.239 e. The van der Waals surface area contributed by atoms with Crippen LogP contribution in [0.4, 0.5) is 0 Å². The summed E-state index contributed by atoms with van der Waals surface area (Å²) in [6, 6.07) is 0.608. The molecule has 2 saturated heterocycles. The summed E-state index contributed by atoms with van der Waals surface area (Å²) in [6.07, 6.45) is 8.39. The van der Waals surface area contributed by atoms with Crippen LogP contribution in [0, 0.1) is 0 Å². The molecule has 0 radical (unpaired) electrons. The Morgan fingerprint density at radius 3 is 2.38 bits per heavy atom. The summed E-state index contributed by atoms with van der Waals surface area (Å²) in [6.45, 7) is 4.14. The molecule has 2 heterocycles. The lowest BCUT2D eigenvalue weighted by molar-refractivity contribution is -0.134. The summed E-state index contributed by atoms with van der Waals surface area (Å²) in [7, 11) is 0.